The summed E-state index contributed by atoms with van der Waals surface area (Å²) in [6.45, 7) is 11.6. The Morgan fingerprint density at radius 3 is 2.67 bits per heavy atom. The number of hydrogen-bond donors (Lipinski definition) is 0. The van der Waals surface area contributed by atoms with E-state index in [0.29, 0.717) is 18.2 Å². The quantitative estimate of drug-likeness (QED) is 0.800. The minimum absolute atomic E-state index is 0.199. The first-order valence-corrected chi connectivity index (χ1v) is 9.01. The van der Waals surface area contributed by atoms with Gasteiger partial charge in [0.05, 0.1) is 6.61 Å². The maximum Gasteiger partial charge on any atom is 0.252 e. The topological polar surface area (TPSA) is 52.3 Å². The summed E-state index contributed by atoms with van der Waals surface area (Å²) >= 11 is 0. The molecule has 0 saturated carbocycles. The van der Waals surface area contributed by atoms with Crippen LogP contribution in [0.5, 0.6) is 0 Å². The molecule has 0 aliphatic heterocycles. The highest BCUT2D eigenvalue weighted by Crippen LogP contribution is 2.36. The molecule has 0 saturated heterocycles. The first-order chi connectivity index (χ1) is 8.29. The lowest BCUT2D eigenvalue weighted by Crippen LogP contribution is -2.40. The van der Waals surface area contributed by atoms with Crippen molar-refractivity contribution in [3.05, 3.63) is 24.3 Å². The number of fused-ring (bicyclic) bond motifs is 1. The highest BCUT2D eigenvalue weighted by Gasteiger charge is 2.37. The van der Waals surface area contributed by atoms with E-state index in [4.69, 9.17) is 4.43 Å². The summed E-state index contributed by atoms with van der Waals surface area (Å²) in [6.07, 6.45) is 3.55. The Bertz CT molecular complexity index is 511. The Balaban J connectivity index is 2.11. The lowest BCUT2D eigenvalue weighted by Gasteiger charge is -2.35. The molecule has 0 aliphatic rings. The lowest BCUT2D eigenvalue weighted by atomic mass is 10.2. The lowest BCUT2D eigenvalue weighted by molar-refractivity contribution is 0.267. The van der Waals surface area contributed by atoms with Gasteiger partial charge in [0.15, 0.2) is 14.1 Å². The minimum Gasteiger partial charge on any atom is -0.409 e. The smallest absolute Gasteiger partial charge is 0.252 e. The summed E-state index contributed by atoms with van der Waals surface area (Å²) in [5, 5.41) is 4.54. The monoisotopic (exact) mass is 264 g/mol. The van der Waals surface area contributed by atoms with Gasteiger partial charge in [-0.15, -0.1) is 5.10 Å². The van der Waals surface area contributed by atoms with Crippen LogP contribution in [0, 0.1) is 0 Å². The zero-order valence-corrected chi connectivity index (χ0v) is 12.6. The Kier molecular flexibility index (Phi) is 3.25. The highest BCUT2D eigenvalue weighted by atomic mass is 28.4. The van der Waals surface area contributed by atoms with E-state index in [1.165, 1.54) is 0 Å². The molecule has 0 spiro atoms. The predicted molar refractivity (Wildman–Crippen MR) is 72.8 cm³/mol. The Morgan fingerprint density at radius 2 is 2.06 bits per heavy atom. The summed E-state index contributed by atoms with van der Waals surface area (Å²) in [5.74, 6) is 1.31. The number of aromatic nitrogens is 4. The summed E-state index contributed by atoms with van der Waals surface area (Å²) in [7, 11) is -1.75. The van der Waals surface area contributed by atoms with Gasteiger partial charge in [-0.1, -0.05) is 20.8 Å². The van der Waals surface area contributed by atoms with E-state index in [1.54, 1.807) is 10.7 Å². The van der Waals surface area contributed by atoms with Crippen LogP contribution in [0.15, 0.2) is 18.5 Å². The zero-order chi connectivity index (χ0) is 13.4. The average molecular weight is 264 g/mol. The maximum atomic E-state index is 6.08. The molecule has 0 radical (unpaired) electrons. The number of nitrogens with zero attached hydrogens (tertiary/aromatic N) is 4. The largest absolute Gasteiger partial charge is 0.409 e. The van der Waals surface area contributed by atoms with Crippen LogP contribution in [0.2, 0.25) is 18.1 Å². The van der Waals surface area contributed by atoms with E-state index in [9.17, 15) is 0 Å². The van der Waals surface area contributed by atoms with Crippen molar-refractivity contribution >= 4 is 14.1 Å². The third-order valence-corrected chi connectivity index (χ3v) is 8.01. The van der Waals surface area contributed by atoms with Crippen molar-refractivity contribution in [1.29, 1.82) is 0 Å². The molecule has 2 rings (SSSR count). The first-order valence-electron chi connectivity index (χ1n) is 6.10. The highest BCUT2D eigenvalue weighted by molar-refractivity contribution is 6.74. The van der Waals surface area contributed by atoms with E-state index >= 15 is 0 Å². The van der Waals surface area contributed by atoms with Gasteiger partial charge >= 0.3 is 0 Å². The molecule has 0 bridgehead atoms. The van der Waals surface area contributed by atoms with Crippen LogP contribution >= 0.6 is 0 Å². The zero-order valence-electron chi connectivity index (χ0n) is 11.6. The molecule has 2 aromatic rings. The standard InChI is InChI=1S/C12H20N4OSi/c1-12(2,3)18(4,5)17-9-10-14-11-13-7-6-8-16(11)15-10/h6-8H,9H2,1-5H3. The molecule has 0 unspecified atom stereocenters. The second-order valence-electron chi connectivity index (χ2n) is 5.94. The molecule has 0 atom stereocenters. The molecule has 0 aliphatic carbocycles. The SMILES string of the molecule is CC(C)(C)[Si](C)(C)OCc1nc2ncccn2n1. The van der Waals surface area contributed by atoms with Crippen LogP contribution in [0.1, 0.15) is 26.6 Å². The molecule has 2 heterocycles. The molecular weight excluding hydrogens is 244 g/mol. The summed E-state index contributed by atoms with van der Waals surface area (Å²) in [4.78, 5) is 8.48. The minimum atomic E-state index is -1.75. The van der Waals surface area contributed by atoms with Crippen molar-refractivity contribution in [2.75, 3.05) is 0 Å². The third kappa shape index (κ3) is 2.59. The Morgan fingerprint density at radius 1 is 1.33 bits per heavy atom. The third-order valence-electron chi connectivity index (χ3n) is 3.53. The van der Waals surface area contributed by atoms with Gasteiger partial charge < -0.3 is 4.43 Å². The molecule has 0 amide bonds. The molecule has 18 heavy (non-hydrogen) atoms. The molecule has 0 N–H and O–H groups in total. The van der Waals surface area contributed by atoms with E-state index < -0.39 is 8.32 Å². The van der Waals surface area contributed by atoms with Gasteiger partial charge in [0.25, 0.3) is 5.78 Å². The van der Waals surface area contributed by atoms with E-state index in [0.717, 1.165) is 0 Å². The summed E-state index contributed by atoms with van der Waals surface area (Å²) < 4.78 is 7.75. The van der Waals surface area contributed by atoms with Crippen LogP contribution in [0.25, 0.3) is 5.78 Å². The van der Waals surface area contributed by atoms with Gasteiger partial charge in [-0.25, -0.2) is 9.50 Å². The van der Waals surface area contributed by atoms with Crippen molar-refractivity contribution in [2.45, 2.75) is 45.5 Å². The van der Waals surface area contributed by atoms with Gasteiger partial charge in [-0.3, -0.25) is 0 Å². The van der Waals surface area contributed by atoms with Crippen LogP contribution in [-0.2, 0) is 11.0 Å². The average Bonchev–Trinajstić information content (AvgIpc) is 2.67. The number of hydrogen-bond acceptors (Lipinski definition) is 4. The van der Waals surface area contributed by atoms with Crippen LogP contribution in [0.3, 0.4) is 0 Å². The van der Waals surface area contributed by atoms with Crippen molar-refractivity contribution in [1.82, 2.24) is 19.6 Å². The fourth-order valence-corrected chi connectivity index (χ4v) is 2.22. The van der Waals surface area contributed by atoms with Gasteiger partial charge in [0, 0.05) is 12.4 Å². The predicted octanol–water partition coefficient (Wildman–Crippen LogP) is 2.65. The molecule has 98 valence electrons. The fourth-order valence-electron chi connectivity index (χ4n) is 1.30. The molecule has 0 aromatic carbocycles. The maximum absolute atomic E-state index is 6.08. The molecular formula is C12H20N4OSi. The molecule has 2 aromatic heterocycles. The normalized spacial score (nSPS) is 13.2. The van der Waals surface area contributed by atoms with Crippen molar-refractivity contribution in [3.63, 3.8) is 0 Å². The van der Waals surface area contributed by atoms with Crippen LogP contribution in [-0.4, -0.2) is 27.9 Å². The van der Waals surface area contributed by atoms with Gasteiger partial charge in [0.2, 0.25) is 0 Å². The first kappa shape index (κ1) is 13.2. The summed E-state index contributed by atoms with van der Waals surface area (Å²) in [6, 6.07) is 1.83. The number of rotatable bonds is 3. The molecule has 0 fully saturated rings. The summed E-state index contributed by atoms with van der Waals surface area (Å²) in [5.41, 5.74) is 0. The second-order valence-corrected chi connectivity index (χ2v) is 10.8. The van der Waals surface area contributed by atoms with E-state index in [1.807, 2.05) is 12.3 Å². The van der Waals surface area contributed by atoms with Gasteiger partial charge in [-0.2, -0.15) is 4.98 Å². The van der Waals surface area contributed by atoms with E-state index in [2.05, 4.69) is 48.9 Å². The molecule has 6 heteroatoms. The van der Waals surface area contributed by atoms with Crippen LogP contribution in [0.4, 0.5) is 0 Å². The Labute approximate surface area is 108 Å². The van der Waals surface area contributed by atoms with E-state index in [-0.39, 0.29) is 5.04 Å². The van der Waals surface area contributed by atoms with Crippen molar-refractivity contribution in [2.24, 2.45) is 0 Å². The van der Waals surface area contributed by atoms with Crippen molar-refractivity contribution in [3.8, 4) is 0 Å². The Hall–Kier alpha value is -1.27. The molecule has 5 nitrogen and oxygen atoms in total. The van der Waals surface area contributed by atoms with Gasteiger partial charge in [0.1, 0.15) is 0 Å². The second kappa shape index (κ2) is 4.44. The fraction of sp³-hybridized carbons (Fsp3) is 0.583. The van der Waals surface area contributed by atoms with Crippen LogP contribution < -0.4 is 0 Å². The van der Waals surface area contributed by atoms with Crippen molar-refractivity contribution < 1.29 is 4.43 Å². The van der Waals surface area contributed by atoms with Gasteiger partial charge in [-0.05, 0) is 24.2 Å².